The summed E-state index contributed by atoms with van der Waals surface area (Å²) in [5, 5.41) is 4.38. The number of hydrogen-bond acceptors (Lipinski definition) is 2. The van der Waals surface area contributed by atoms with Crippen molar-refractivity contribution in [2.24, 2.45) is 0 Å². The molecule has 1 N–H and O–H groups in total. The van der Waals surface area contributed by atoms with Crippen LogP contribution in [0.4, 0.5) is 0 Å². The molecule has 92 valence electrons. The van der Waals surface area contributed by atoms with Crippen molar-refractivity contribution in [3.05, 3.63) is 34.3 Å². The smallest absolute Gasteiger partial charge is 0.0408 e. The fraction of sp³-hybridized carbons (Fsp3) is 0.571. The Hall–Kier alpha value is -0.570. The van der Waals surface area contributed by atoms with Gasteiger partial charge in [-0.1, -0.05) is 17.7 Å². The van der Waals surface area contributed by atoms with Gasteiger partial charge in [0.25, 0.3) is 0 Å². The third-order valence-corrected chi connectivity index (χ3v) is 4.23. The second kappa shape index (κ2) is 4.60. The van der Waals surface area contributed by atoms with Gasteiger partial charge in [0.1, 0.15) is 0 Å². The van der Waals surface area contributed by atoms with Gasteiger partial charge in [0.2, 0.25) is 0 Å². The van der Waals surface area contributed by atoms with Crippen molar-refractivity contribution in [3.63, 3.8) is 0 Å². The topological polar surface area (TPSA) is 15.3 Å². The molecule has 1 aromatic carbocycles. The Morgan fingerprint density at radius 3 is 3.12 bits per heavy atom. The van der Waals surface area contributed by atoms with Crippen molar-refractivity contribution in [1.82, 2.24) is 10.2 Å². The second-order valence-electron chi connectivity index (χ2n) is 5.25. The van der Waals surface area contributed by atoms with Crippen molar-refractivity contribution in [1.29, 1.82) is 0 Å². The molecule has 0 saturated carbocycles. The van der Waals surface area contributed by atoms with Gasteiger partial charge in [-0.2, -0.15) is 0 Å². The molecule has 0 bridgehead atoms. The number of aryl methyl sites for hydroxylation is 1. The van der Waals surface area contributed by atoms with Gasteiger partial charge < -0.3 is 5.32 Å². The van der Waals surface area contributed by atoms with E-state index in [1.807, 2.05) is 6.07 Å². The van der Waals surface area contributed by atoms with E-state index in [1.165, 1.54) is 24.0 Å². The minimum absolute atomic E-state index is 0.611. The average Bonchev–Trinajstić information content (AvgIpc) is 2.71. The van der Waals surface area contributed by atoms with Crippen molar-refractivity contribution in [3.8, 4) is 0 Å². The number of halogens is 1. The van der Waals surface area contributed by atoms with Crippen molar-refractivity contribution in [2.75, 3.05) is 19.6 Å². The summed E-state index contributed by atoms with van der Waals surface area (Å²) in [5.41, 5.74) is 2.96. The molecular formula is C14H19ClN2. The molecule has 2 aliphatic rings. The van der Waals surface area contributed by atoms with Gasteiger partial charge in [0.05, 0.1) is 0 Å². The van der Waals surface area contributed by atoms with E-state index in [2.05, 4.69) is 29.3 Å². The molecular weight excluding hydrogens is 232 g/mol. The van der Waals surface area contributed by atoms with E-state index < -0.39 is 0 Å². The van der Waals surface area contributed by atoms with E-state index in [4.69, 9.17) is 11.6 Å². The molecule has 1 fully saturated rings. The van der Waals surface area contributed by atoms with Gasteiger partial charge >= 0.3 is 0 Å². The maximum absolute atomic E-state index is 6.06. The van der Waals surface area contributed by atoms with Gasteiger partial charge in [-0.05, 0) is 43.0 Å². The Bertz CT molecular complexity index is 419. The zero-order chi connectivity index (χ0) is 11.8. The summed E-state index contributed by atoms with van der Waals surface area (Å²) in [6.07, 6.45) is 2.43. The van der Waals surface area contributed by atoms with Crippen LogP contribution in [0.1, 0.15) is 30.5 Å². The van der Waals surface area contributed by atoms with E-state index >= 15 is 0 Å². The number of hydrogen-bond donors (Lipinski definition) is 1. The fourth-order valence-corrected chi connectivity index (χ4v) is 3.38. The van der Waals surface area contributed by atoms with Crippen molar-refractivity contribution >= 4 is 11.6 Å². The Morgan fingerprint density at radius 2 is 2.29 bits per heavy atom. The van der Waals surface area contributed by atoms with Gasteiger partial charge in [0, 0.05) is 36.7 Å². The van der Waals surface area contributed by atoms with Crippen LogP contribution in [0.2, 0.25) is 5.02 Å². The summed E-state index contributed by atoms with van der Waals surface area (Å²) in [5.74, 6) is 0. The largest absolute Gasteiger partial charge is 0.312 e. The van der Waals surface area contributed by atoms with Crippen LogP contribution in [0.15, 0.2) is 18.2 Å². The molecule has 1 aromatic rings. The summed E-state index contributed by atoms with van der Waals surface area (Å²) in [6, 6.07) is 7.63. The Labute approximate surface area is 108 Å². The van der Waals surface area contributed by atoms with E-state index in [0.29, 0.717) is 12.1 Å². The second-order valence-corrected chi connectivity index (χ2v) is 5.68. The van der Waals surface area contributed by atoms with E-state index in [1.54, 1.807) is 0 Å². The molecule has 1 aliphatic carbocycles. The first kappa shape index (κ1) is 11.5. The van der Waals surface area contributed by atoms with E-state index in [0.717, 1.165) is 24.7 Å². The standard InChI is InChI=1S/C14H19ClN2/c1-10-9-17(7-6-16-10)14-5-2-11-8-12(15)3-4-13(11)14/h3-4,8,10,14,16H,2,5-7,9H2,1H3. The zero-order valence-corrected chi connectivity index (χ0v) is 11.0. The maximum atomic E-state index is 6.06. The zero-order valence-electron chi connectivity index (χ0n) is 10.2. The molecule has 1 saturated heterocycles. The lowest BCUT2D eigenvalue weighted by atomic mass is 10.1. The summed E-state index contributed by atoms with van der Waals surface area (Å²) < 4.78 is 0. The van der Waals surface area contributed by atoms with Crippen LogP contribution in [-0.4, -0.2) is 30.6 Å². The van der Waals surface area contributed by atoms with Crippen molar-refractivity contribution in [2.45, 2.75) is 31.8 Å². The highest BCUT2D eigenvalue weighted by molar-refractivity contribution is 6.30. The van der Waals surface area contributed by atoms with Crippen molar-refractivity contribution < 1.29 is 0 Å². The maximum Gasteiger partial charge on any atom is 0.0408 e. The predicted octanol–water partition coefficient (Wildman–Crippen LogP) is 2.62. The van der Waals surface area contributed by atoms with Crippen LogP contribution < -0.4 is 5.32 Å². The monoisotopic (exact) mass is 250 g/mol. The molecule has 1 heterocycles. The molecule has 2 unspecified atom stereocenters. The fourth-order valence-electron chi connectivity index (χ4n) is 3.19. The minimum Gasteiger partial charge on any atom is -0.312 e. The number of fused-ring (bicyclic) bond motifs is 1. The normalized spacial score (nSPS) is 29.3. The highest BCUT2D eigenvalue weighted by atomic mass is 35.5. The number of piperazine rings is 1. The first-order valence-electron chi connectivity index (χ1n) is 6.50. The Morgan fingerprint density at radius 1 is 1.41 bits per heavy atom. The van der Waals surface area contributed by atoms with Crippen LogP contribution in [0.25, 0.3) is 0 Å². The lowest BCUT2D eigenvalue weighted by molar-refractivity contribution is 0.148. The minimum atomic E-state index is 0.611. The molecule has 0 aromatic heterocycles. The number of nitrogens with zero attached hydrogens (tertiary/aromatic N) is 1. The molecule has 17 heavy (non-hydrogen) atoms. The Balaban J connectivity index is 1.83. The van der Waals surface area contributed by atoms with Gasteiger partial charge in [0.15, 0.2) is 0 Å². The van der Waals surface area contributed by atoms with Crippen LogP contribution >= 0.6 is 11.6 Å². The average molecular weight is 251 g/mol. The van der Waals surface area contributed by atoms with Crippen LogP contribution in [-0.2, 0) is 6.42 Å². The first-order chi connectivity index (χ1) is 8.24. The molecule has 0 spiro atoms. The molecule has 0 radical (unpaired) electrons. The predicted molar refractivity (Wildman–Crippen MR) is 71.6 cm³/mol. The summed E-state index contributed by atoms with van der Waals surface area (Å²) in [7, 11) is 0. The SMILES string of the molecule is CC1CN(C2CCc3cc(Cl)ccc32)CCN1. The molecule has 1 aliphatic heterocycles. The van der Waals surface area contributed by atoms with Gasteiger partial charge in [-0.15, -0.1) is 0 Å². The van der Waals surface area contributed by atoms with Gasteiger partial charge in [-0.25, -0.2) is 0 Å². The number of rotatable bonds is 1. The van der Waals surface area contributed by atoms with Crippen LogP contribution in [0.5, 0.6) is 0 Å². The van der Waals surface area contributed by atoms with Crippen LogP contribution in [0, 0.1) is 0 Å². The Kier molecular flexibility index (Phi) is 3.12. The number of nitrogens with one attached hydrogen (secondary N) is 1. The third kappa shape index (κ3) is 2.22. The number of benzene rings is 1. The molecule has 2 nitrogen and oxygen atoms in total. The summed E-state index contributed by atoms with van der Waals surface area (Å²) in [4.78, 5) is 2.63. The lowest BCUT2D eigenvalue weighted by Crippen LogP contribution is -2.49. The molecule has 3 heteroatoms. The highest BCUT2D eigenvalue weighted by Crippen LogP contribution is 2.37. The highest BCUT2D eigenvalue weighted by Gasteiger charge is 2.30. The van der Waals surface area contributed by atoms with E-state index in [9.17, 15) is 0 Å². The lowest BCUT2D eigenvalue weighted by Gasteiger charge is -2.36. The summed E-state index contributed by atoms with van der Waals surface area (Å²) in [6.45, 7) is 5.70. The first-order valence-corrected chi connectivity index (χ1v) is 6.87. The summed E-state index contributed by atoms with van der Waals surface area (Å²) >= 11 is 6.06. The quantitative estimate of drug-likeness (QED) is 0.824. The van der Waals surface area contributed by atoms with Crippen LogP contribution in [0.3, 0.4) is 0 Å². The molecule has 2 atom stereocenters. The van der Waals surface area contributed by atoms with Gasteiger partial charge in [-0.3, -0.25) is 4.90 Å². The molecule has 0 amide bonds. The van der Waals surface area contributed by atoms with E-state index in [-0.39, 0.29) is 0 Å². The molecule has 3 rings (SSSR count). The third-order valence-electron chi connectivity index (χ3n) is 3.99.